The van der Waals surface area contributed by atoms with E-state index in [0.29, 0.717) is 17.7 Å². The zero-order valence-electron chi connectivity index (χ0n) is 13.4. The number of aromatic nitrogens is 4. The number of fused-ring (bicyclic) bond motifs is 1. The van der Waals surface area contributed by atoms with Gasteiger partial charge in [-0.25, -0.2) is 22.2 Å². The third-order valence-electron chi connectivity index (χ3n) is 4.05. The lowest BCUT2D eigenvalue weighted by Crippen LogP contribution is -2.31. The number of hydrogen-bond donors (Lipinski definition) is 1. The first kappa shape index (κ1) is 17.1. The van der Waals surface area contributed by atoms with Crippen molar-refractivity contribution in [2.24, 2.45) is 0 Å². The maximum atomic E-state index is 13.6. The number of benzene rings is 2. The third kappa shape index (κ3) is 3.35. The zero-order chi connectivity index (χ0) is 18.1. The first-order valence-electron chi connectivity index (χ1n) is 7.81. The van der Waals surface area contributed by atoms with Gasteiger partial charge < -0.3 is 0 Å². The minimum absolute atomic E-state index is 0.0988. The number of sulfonamides is 1. The Bertz CT molecular complexity index is 1040. The van der Waals surface area contributed by atoms with Gasteiger partial charge in [-0.05, 0) is 64.6 Å². The molecule has 3 aromatic rings. The van der Waals surface area contributed by atoms with Crippen LogP contribution in [0.5, 0.6) is 0 Å². The van der Waals surface area contributed by atoms with E-state index in [1.54, 1.807) is 30.0 Å². The molecule has 10 heteroatoms. The van der Waals surface area contributed by atoms with Crippen molar-refractivity contribution >= 4 is 21.8 Å². The van der Waals surface area contributed by atoms with Gasteiger partial charge in [0.05, 0.1) is 10.6 Å². The molecule has 1 aromatic heterocycles. The van der Waals surface area contributed by atoms with Crippen molar-refractivity contribution in [3.05, 3.63) is 60.2 Å². The van der Waals surface area contributed by atoms with Crippen molar-refractivity contribution in [3.63, 3.8) is 0 Å². The van der Waals surface area contributed by atoms with Crippen LogP contribution in [-0.4, -0.2) is 34.4 Å². The van der Waals surface area contributed by atoms with Crippen LogP contribution >= 0.6 is 11.8 Å². The summed E-state index contributed by atoms with van der Waals surface area (Å²) in [6.45, 7) is 0. The predicted molar refractivity (Wildman–Crippen MR) is 94.0 cm³/mol. The molecule has 4 rings (SSSR count). The molecule has 1 unspecified atom stereocenters. The van der Waals surface area contributed by atoms with Gasteiger partial charge >= 0.3 is 0 Å². The number of thioether (sulfide) groups is 1. The number of nitrogens with zero attached hydrogens (tertiary/aromatic N) is 4. The van der Waals surface area contributed by atoms with Gasteiger partial charge in [0.2, 0.25) is 10.0 Å². The van der Waals surface area contributed by atoms with Crippen LogP contribution in [0, 0.1) is 5.82 Å². The summed E-state index contributed by atoms with van der Waals surface area (Å²) in [7, 11) is -3.79. The minimum atomic E-state index is -3.79. The van der Waals surface area contributed by atoms with Crippen molar-refractivity contribution in [1.82, 2.24) is 24.9 Å². The van der Waals surface area contributed by atoms with E-state index in [0.717, 1.165) is 10.6 Å². The normalized spacial score (nSPS) is 17.0. The highest BCUT2D eigenvalue weighted by molar-refractivity contribution is 7.99. The molecule has 0 aliphatic carbocycles. The van der Waals surface area contributed by atoms with E-state index in [-0.39, 0.29) is 10.7 Å². The maximum Gasteiger partial charge on any atom is 0.241 e. The van der Waals surface area contributed by atoms with Crippen LogP contribution in [0.4, 0.5) is 4.39 Å². The molecular weight excluding hydrogens is 377 g/mol. The summed E-state index contributed by atoms with van der Waals surface area (Å²) in [6, 6.07) is 10.3. The summed E-state index contributed by atoms with van der Waals surface area (Å²) in [5, 5.41) is 10.9. The Balaban J connectivity index is 1.65. The molecule has 0 radical (unpaired) electrons. The Morgan fingerprint density at radius 2 is 2.12 bits per heavy atom. The molecule has 0 amide bonds. The number of nitrogens with one attached hydrogen (secondary N) is 1. The van der Waals surface area contributed by atoms with Crippen LogP contribution in [-0.2, 0) is 10.0 Å². The van der Waals surface area contributed by atoms with E-state index in [1.807, 2.05) is 0 Å². The van der Waals surface area contributed by atoms with Crippen LogP contribution < -0.4 is 4.72 Å². The molecule has 7 nitrogen and oxygen atoms in total. The molecule has 134 valence electrons. The summed E-state index contributed by atoms with van der Waals surface area (Å²) in [5.41, 5.74) is 1.20. The third-order valence-corrected chi connectivity index (χ3v) is 6.64. The lowest BCUT2D eigenvalue weighted by molar-refractivity contribution is 0.541. The molecule has 1 aliphatic rings. The van der Waals surface area contributed by atoms with Gasteiger partial charge in [0.1, 0.15) is 12.1 Å². The number of hydrogen-bond acceptors (Lipinski definition) is 6. The molecular formula is C16H14FN5O2S2. The molecule has 1 N–H and O–H groups in total. The molecule has 26 heavy (non-hydrogen) atoms. The van der Waals surface area contributed by atoms with Gasteiger partial charge in [0.15, 0.2) is 0 Å². The largest absolute Gasteiger partial charge is 0.241 e. The highest BCUT2D eigenvalue weighted by Gasteiger charge is 2.27. The Labute approximate surface area is 153 Å². The van der Waals surface area contributed by atoms with Crippen molar-refractivity contribution in [1.29, 1.82) is 0 Å². The molecule has 1 atom stereocenters. The average Bonchev–Trinajstić information content (AvgIpc) is 3.17. The Hall–Kier alpha value is -2.30. The topological polar surface area (TPSA) is 89.8 Å². The van der Waals surface area contributed by atoms with E-state index in [9.17, 15) is 12.8 Å². The van der Waals surface area contributed by atoms with Crippen molar-refractivity contribution in [2.75, 3.05) is 5.75 Å². The van der Waals surface area contributed by atoms with Crippen molar-refractivity contribution in [3.8, 4) is 5.69 Å². The van der Waals surface area contributed by atoms with E-state index in [1.165, 1.54) is 35.3 Å². The van der Waals surface area contributed by atoms with Crippen LogP contribution in [0.3, 0.4) is 0 Å². The highest BCUT2D eigenvalue weighted by Crippen LogP contribution is 2.37. The first-order chi connectivity index (χ1) is 12.5. The predicted octanol–water partition coefficient (Wildman–Crippen LogP) is 2.32. The lowest BCUT2D eigenvalue weighted by atomic mass is 10.0. The zero-order valence-corrected chi connectivity index (χ0v) is 15.0. The first-order valence-corrected chi connectivity index (χ1v) is 10.3. The summed E-state index contributed by atoms with van der Waals surface area (Å²) >= 11 is 1.60. The monoisotopic (exact) mass is 391 g/mol. The highest BCUT2D eigenvalue weighted by atomic mass is 32.2. The summed E-state index contributed by atoms with van der Waals surface area (Å²) in [6.07, 6.45) is 1.98. The molecule has 0 bridgehead atoms. The molecule has 0 saturated carbocycles. The average molecular weight is 391 g/mol. The Morgan fingerprint density at radius 3 is 2.92 bits per heavy atom. The summed E-state index contributed by atoms with van der Waals surface area (Å²) in [5.74, 6) is 0.382. The number of tetrazole rings is 1. The molecule has 0 spiro atoms. The second-order valence-electron chi connectivity index (χ2n) is 5.74. The fourth-order valence-electron chi connectivity index (χ4n) is 2.82. The number of halogens is 1. The van der Waals surface area contributed by atoms with Gasteiger partial charge in [-0.3, -0.25) is 0 Å². The second kappa shape index (κ2) is 6.78. The molecule has 0 saturated heterocycles. The Kier molecular flexibility index (Phi) is 4.47. The van der Waals surface area contributed by atoms with Crippen LogP contribution in [0.15, 0.2) is 58.6 Å². The molecule has 2 aromatic carbocycles. The fourth-order valence-corrected chi connectivity index (χ4v) is 5.21. The lowest BCUT2D eigenvalue weighted by Gasteiger charge is -2.25. The molecule has 1 aliphatic heterocycles. The molecule has 2 heterocycles. The van der Waals surface area contributed by atoms with E-state index in [2.05, 4.69) is 20.2 Å². The maximum absolute atomic E-state index is 13.6. The van der Waals surface area contributed by atoms with Crippen molar-refractivity contribution in [2.45, 2.75) is 22.3 Å². The van der Waals surface area contributed by atoms with Crippen molar-refractivity contribution < 1.29 is 12.8 Å². The Morgan fingerprint density at radius 1 is 1.23 bits per heavy atom. The number of rotatable bonds is 4. The standard InChI is InChI=1S/C16H14FN5O2S2/c17-11-4-5-16-14(8-11)15(6-7-25-16)19-26(23,24)13-3-1-2-12(9-13)22-10-18-20-21-22/h1-5,8-10,15,19H,6-7H2. The summed E-state index contributed by atoms with van der Waals surface area (Å²) < 4.78 is 43.4. The van der Waals surface area contributed by atoms with Gasteiger partial charge in [-0.2, -0.15) is 0 Å². The quantitative estimate of drug-likeness (QED) is 0.734. The van der Waals surface area contributed by atoms with E-state index < -0.39 is 16.1 Å². The van der Waals surface area contributed by atoms with Crippen LogP contribution in [0.25, 0.3) is 5.69 Å². The van der Waals surface area contributed by atoms with E-state index >= 15 is 0 Å². The molecule has 0 fully saturated rings. The summed E-state index contributed by atoms with van der Waals surface area (Å²) in [4.78, 5) is 0.995. The van der Waals surface area contributed by atoms with Crippen LogP contribution in [0.1, 0.15) is 18.0 Å². The van der Waals surface area contributed by atoms with Gasteiger partial charge in [-0.1, -0.05) is 6.07 Å². The SMILES string of the molecule is O=S(=O)(NC1CCSc2ccc(F)cc21)c1cccc(-n2cnnn2)c1. The van der Waals surface area contributed by atoms with Gasteiger partial charge in [0, 0.05) is 10.9 Å². The minimum Gasteiger partial charge on any atom is -0.207 e. The second-order valence-corrected chi connectivity index (χ2v) is 8.60. The fraction of sp³-hybridized carbons (Fsp3) is 0.188. The van der Waals surface area contributed by atoms with Gasteiger partial charge in [0.25, 0.3) is 0 Å². The smallest absolute Gasteiger partial charge is 0.207 e. The van der Waals surface area contributed by atoms with Crippen LogP contribution in [0.2, 0.25) is 0 Å². The van der Waals surface area contributed by atoms with Gasteiger partial charge in [-0.15, -0.1) is 16.9 Å². The van der Waals surface area contributed by atoms with E-state index in [4.69, 9.17) is 0 Å².